The van der Waals surface area contributed by atoms with E-state index >= 15 is 0 Å². The van der Waals surface area contributed by atoms with Crippen LogP contribution in [0, 0.1) is 5.92 Å². The molecule has 7 heteroatoms. The molecule has 0 radical (unpaired) electrons. The van der Waals surface area contributed by atoms with Crippen LogP contribution in [0.15, 0.2) is 10.1 Å². The van der Waals surface area contributed by atoms with Crippen LogP contribution in [0.3, 0.4) is 0 Å². The highest BCUT2D eigenvalue weighted by atomic mass is 32.2. The van der Waals surface area contributed by atoms with Gasteiger partial charge in [0, 0.05) is 31.6 Å². The third-order valence-corrected chi connectivity index (χ3v) is 5.86. The highest BCUT2D eigenvalue weighted by Crippen LogP contribution is 2.33. The molecule has 1 heterocycles. The Labute approximate surface area is 155 Å². The third kappa shape index (κ3) is 4.90. The molecular formula is C18H32N6S. The molecule has 0 bridgehead atoms. The van der Waals surface area contributed by atoms with E-state index in [4.69, 9.17) is 4.99 Å². The number of guanidine groups is 1. The van der Waals surface area contributed by atoms with Gasteiger partial charge in [0.15, 0.2) is 11.1 Å². The smallest absolute Gasteiger partial charge is 0.191 e. The van der Waals surface area contributed by atoms with Crippen molar-refractivity contribution in [3.05, 3.63) is 5.82 Å². The molecule has 0 amide bonds. The monoisotopic (exact) mass is 364 g/mol. The number of aryl methyl sites for hydroxylation is 1. The second-order valence-electron chi connectivity index (χ2n) is 7.24. The number of hydrogen-bond acceptors (Lipinski definition) is 4. The third-order valence-electron chi connectivity index (χ3n) is 5.21. The van der Waals surface area contributed by atoms with Crippen LogP contribution in [0.2, 0.25) is 0 Å². The molecule has 0 spiro atoms. The Morgan fingerprint density at radius 1 is 1.32 bits per heavy atom. The lowest BCUT2D eigenvalue weighted by molar-refractivity contribution is 0.461. The molecule has 2 aliphatic carbocycles. The van der Waals surface area contributed by atoms with Crippen LogP contribution in [-0.4, -0.2) is 46.1 Å². The Morgan fingerprint density at radius 3 is 2.72 bits per heavy atom. The highest BCUT2D eigenvalue weighted by Gasteiger charge is 2.33. The second-order valence-corrected chi connectivity index (χ2v) is 8.01. The van der Waals surface area contributed by atoms with Crippen molar-refractivity contribution in [2.75, 3.05) is 19.3 Å². The summed E-state index contributed by atoms with van der Waals surface area (Å²) < 4.78 is 2.40. The van der Waals surface area contributed by atoms with Gasteiger partial charge in [-0.2, -0.15) is 0 Å². The maximum Gasteiger partial charge on any atom is 0.191 e. The molecule has 2 fully saturated rings. The van der Waals surface area contributed by atoms with Crippen molar-refractivity contribution in [1.82, 2.24) is 25.4 Å². The summed E-state index contributed by atoms with van der Waals surface area (Å²) in [5.41, 5.74) is 0. The maximum atomic E-state index is 4.73. The Kier molecular flexibility index (Phi) is 6.62. The number of thioether (sulfide) groups is 1. The van der Waals surface area contributed by atoms with E-state index in [-0.39, 0.29) is 0 Å². The first-order valence-electron chi connectivity index (χ1n) is 9.75. The molecule has 0 saturated heterocycles. The van der Waals surface area contributed by atoms with Crippen LogP contribution in [0.1, 0.15) is 64.2 Å². The lowest BCUT2D eigenvalue weighted by Crippen LogP contribution is -2.39. The van der Waals surface area contributed by atoms with Gasteiger partial charge in [-0.25, -0.2) is 0 Å². The van der Waals surface area contributed by atoms with E-state index in [1.54, 1.807) is 11.8 Å². The van der Waals surface area contributed by atoms with Crippen LogP contribution in [-0.2, 0) is 6.42 Å². The molecular weight excluding hydrogens is 332 g/mol. The van der Waals surface area contributed by atoms with Gasteiger partial charge in [0.1, 0.15) is 5.82 Å². The molecule has 140 valence electrons. The summed E-state index contributed by atoms with van der Waals surface area (Å²) >= 11 is 1.71. The molecule has 25 heavy (non-hydrogen) atoms. The van der Waals surface area contributed by atoms with Gasteiger partial charge < -0.3 is 15.2 Å². The van der Waals surface area contributed by atoms with Crippen LogP contribution in [0.25, 0.3) is 0 Å². The van der Waals surface area contributed by atoms with Gasteiger partial charge in [0.25, 0.3) is 0 Å². The minimum atomic E-state index is 0.603. The Bertz CT molecular complexity index is 578. The topological polar surface area (TPSA) is 67.1 Å². The predicted octanol–water partition coefficient (Wildman–Crippen LogP) is 3.01. The van der Waals surface area contributed by atoms with Crippen molar-refractivity contribution < 1.29 is 0 Å². The molecule has 1 aromatic heterocycles. The molecule has 6 nitrogen and oxygen atoms in total. The summed E-state index contributed by atoms with van der Waals surface area (Å²) in [6.07, 6.45) is 10.5. The highest BCUT2D eigenvalue weighted by molar-refractivity contribution is 7.98. The summed E-state index contributed by atoms with van der Waals surface area (Å²) in [6, 6.07) is 1.21. The van der Waals surface area contributed by atoms with Crippen molar-refractivity contribution in [2.45, 2.75) is 76.0 Å². The Morgan fingerprint density at radius 2 is 2.08 bits per heavy atom. The second kappa shape index (κ2) is 8.92. The van der Waals surface area contributed by atoms with Gasteiger partial charge in [-0.1, -0.05) is 31.5 Å². The average Bonchev–Trinajstić information content (AvgIpc) is 3.02. The first-order valence-corrected chi connectivity index (χ1v) is 11.0. The van der Waals surface area contributed by atoms with Gasteiger partial charge in [-0.3, -0.25) is 4.99 Å². The van der Waals surface area contributed by atoms with Crippen LogP contribution in [0.5, 0.6) is 0 Å². The lowest BCUT2D eigenvalue weighted by atomic mass is 10.2. The molecule has 2 unspecified atom stereocenters. The standard InChI is InChI=1S/C18H32N6S/c1-4-19-17(21-15-12-13(15)2)20-11-7-10-16-22-23-18(25-3)24(16)14-8-5-6-9-14/h13-15H,4-12H2,1-3H3,(H2,19,20,21). The fraction of sp³-hybridized carbons (Fsp3) is 0.833. The SMILES string of the molecule is CCNC(=NCCCc1nnc(SC)n1C1CCCC1)NC1CC1C. The number of rotatable bonds is 8. The number of nitrogens with one attached hydrogen (secondary N) is 2. The maximum absolute atomic E-state index is 4.73. The van der Waals surface area contributed by atoms with Gasteiger partial charge in [0.2, 0.25) is 0 Å². The van der Waals surface area contributed by atoms with E-state index in [0.29, 0.717) is 12.1 Å². The van der Waals surface area contributed by atoms with Crippen molar-refractivity contribution in [1.29, 1.82) is 0 Å². The van der Waals surface area contributed by atoms with Gasteiger partial charge >= 0.3 is 0 Å². The lowest BCUT2D eigenvalue weighted by Gasteiger charge is -2.16. The van der Waals surface area contributed by atoms with E-state index in [0.717, 1.165) is 48.8 Å². The summed E-state index contributed by atoms with van der Waals surface area (Å²) in [5.74, 6) is 2.87. The van der Waals surface area contributed by atoms with Crippen molar-refractivity contribution in [3.8, 4) is 0 Å². The van der Waals surface area contributed by atoms with Gasteiger partial charge in [0.05, 0.1) is 0 Å². The summed E-state index contributed by atoms with van der Waals surface area (Å²) in [4.78, 5) is 4.73. The zero-order chi connectivity index (χ0) is 17.6. The molecule has 2 N–H and O–H groups in total. The van der Waals surface area contributed by atoms with Crippen LogP contribution >= 0.6 is 11.8 Å². The van der Waals surface area contributed by atoms with Crippen LogP contribution < -0.4 is 10.6 Å². The zero-order valence-corrected chi connectivity index (χ0v) is 16.6. The Balaban J connectivity index is 1.54. The quantitative estimate of drug-likeness (QED) is 0.321. The molecule has 2 aliphatic rings. The summed E-state index contributed by atoms with van der Waals surface area (Å²) in [5, 5.41) is 16.8. The molecule has 0 aromatic carbocycles. The van der Waals surface area contributed by atoms with E-state index in [2.05, 4.69) is 45.5 Å². The summed E-state index contributed by atoms with van der Waals surface area (Å²) in [7, 11) is 0. The van der Waals surface area contributed by atoms with Crippen molar-refractivity contribution in [3.63, 3.8) is 0 Å². The zero-order valence-electron chi connectivity index (χ0n) is 15.8. The Hall–Kier alpha value is -1.24. The van der Waals surface area contributed by atoms with E-state index in [9.17, 15) is 0 Å². The molecule has 2 saturated carbocycles. The normalized spacial score (nSPS) is 23.9. The minimum absolute atomic E-state index is 0.603. The minimum Gasteiger partial charge on any atom is -0.357 e. The van der Waals surface area contributed by atoms with Crippen molar-refractivity contribution >= 4 is 17.7 Å². The predicted molar refractivity (Wildman–Crippen MR) is 104 cm³/mol. The number of nitrogens with zero attached hydrogens (tertiary/aromatic N) is 4. The number of hydrogen-bond donors (Lipinski definition) is 2. The molecule has 0 aliphatic heterocycles. The average molecular weight is 365 g/mol. The van der Waals surface area contributed by atoms with Crippen molar-refractivity contribution in [2.24, 2.45) is 10.9 Å². The fourth-order valence-corrected chi connectivity index (χ4v) is 4.17. The van der Waals surface area contributed by atoms with Crippen LogP contribution in [0.4, 0.5) is 0 Å². The molecule has 3 rings (SSSR count). The summed E-state index contributed by atoms with van der Waals surface area (Å²) in [6.45, 7) is 6.12. The molecule has 2 atom stereocenters. The number of aromatic nitrogens is 3. The van der Waals surface area contributed by atoms with E-state index < -0.39 is 0 Å². The first kappa shape index (κ1) is 18.5. The fourth-order valence-electron chi connectivity index (χ4n) is 3.59. The molecule has 1 aromatic rings. The first-order chi connectivity index (χ1) is 12.2. The van der Waals surface area contributed by atoms with Gasteiger partial charge in [-0.05, 0) is 44.8 Å². The van der Waals surface area contributed by atoms with Gasteiger partial charge in [-0.15, -0.1) is 10.2 Å². The van der Waals surface area contributed by atoms with E-state index in [1.807, 2.05) is 0 Å². The number of aliphatic imine (C=N–C) groups is 1. The largest absolute Gasteiger partial charge is 0.357 e. The van der Waals surface area contributed by atoms with E-state index in [1.165, 1.54) is 32.1 Å².